The molecule has 2 N–H and O–H groups in total. The third-order valence-electron chi connectivity index (χ3n) is 3.16. The molecule has 0 amide bonds. The molecule has 1 aromatic heterocycles. The van der Waals surface area contributed by atoms with Gasteiger partial charge in [0, 0.05) is 17.0 Å². The molecule has 2 rings (SSSR count). The van der Waals surface area contributed by atoms with Gasteiger partial charge in [-0.25, -0.2) is 4.79 Å². The highest BCUT2D eigenvalue weighted by molar-refractivity contribution is 7.17. The Kier molecular flexibility index (Phi) is 5.92. The van der Waals surface area contributed by atoms with Crippen LogP contribution in [0, 0.1) is 0 Å². The smallest absolute Gasteiger partial charge is 0.341 e. The summed E-state index contributed by atoms with van der Waals surface area (Å²) in [7, 11) is 3.91. The second-order valence-electron chi connectivity index (χ2n) is 5.23. The molecule has 0 radical (unpaired) electrons. The van der Waals surface area contributed by atoms with E-state index in [2.05, 4.69) is 0 Å². The number of nitrogens with zero attached hydrogens (tertiary/aromatic N) is 1. The predicted molar refractivity (Wildman–Crippen MR) is 97.5 cm³/mol. The zero-order valence-corrected chi connectivity index (χ0v) is 15.5. The second-order valence-corrected chi connectivity index (χ2v) is 7.18. The van der Waals surface area contributed by atoms with Crippen molar-refractivity contribution in [3.63, 3.8) is 0 Å². The molecule has 0 saturated carbocycles. The number of nitrogens with two attached hydrogens (primary N) is 1. The number of rotatable bonds is 5. The van der Waals surface area contributed by atoms with Gasteiger partial charge in [0.05, 0.1) is 16.7 Å². The lowest BCUT2D eigenvalue weighted by Gasteiger charge is -2.12. The number of carbonyl (C=O) groups excluding carboxylic acids is 1. The molecule has 1 heterocycles. The Balaban J connectivity index is 2.65. The Morgan fingerprint density at radius 3 is 2.57 bits per heavy atom. The Morgan fingerprint density at radius 1 is 1.30 bits per heavy atom. The molecule has 0 fully saturated rings. The lowest BCUT2D eigenvalue weighted by molar-refractivity contribution is 0.0529. The molecular formula is C16H18Cl2N2O2S. The molecule has 4 nitrogen and oxygen atoms in total. The number of hydrogen-bond donors (Lipinski definition) is 1. The SMILES string of the molecule is CCOC(=O)c1c(N)sc(CN(C)C)c1-c1ccc(Cl)c(Cl)c1. The number of ether oxygens (including phenoxy) is 1. The molecule has 0 unspecified atom stereocenters. The van der Waals surface area contributed by atoms with Crippen molar-refractivity contribution in [2.75, 3.05) is 26.4 Å². The molecule has 0 aliphatic carbocycles. The number of carbonyl (C=O) groups is 1. The van der Waals surface area contributed by atoms with Crippen LogP contribution in [-0.2, 0) is 11.3 Å². The van der Waals surface area contributed by atoms with E-state index >= 15 is 0 Å². The first-order valence-electron chi connectivity index (χ1n) is 7.03. The predicted octanol–water partition coefficient (Wildman–Crippen LogP) is 4.54. The quantitative estimate of drug-likeness (QED) is 0.782. The number of halogens is 2. The minimum Gasteiger partial charge on any atom is -0.462 e. The van der Waals surface area contributed by atoms with Crippen molar-refractivity contribution in [3.05, 3.63) is 38.7 Å². The summed E-state index contributed by atoms with van der Waals surface area (Å²) in [5.41, 5.74) is 8.05. The van der Waals surface area contributed by atoms with Crippen molar-refractivity contribution in [1.29, 1.82) is 0 Å². The van der Waals surface area contributed by atoms with Crippen LogP contribution in [0.25, 0.3) is 11.1 Å². The summed E-state index contributed by atoms with van der Waals surface area (Å²) in [6.45, 7) is 2.71. The highest BCUT2D eigenvalue weighted by atomic mass is 35.5. The lowest BCUT2D eigenvalue weighted by atomic mass is 10.0. The fourth-order valence-electron chi connectivity index (χ4n) is 2.26. The number of nitrogen functional groups attached to an aromatic ring is 1. The van der Waals surface area contributed by atoms with Gasteiger partial charge in [-0.05, 0) is 38.7 Å². The van der Waals surface area contributed by atoms with Gasteiger partial charge in [-0.3, -0.25) is 0 Å². The summed E-state index contributed by atoms with van der Waals surface area (Å²) in [6.07, 6.45) is 0. The van der Waals surface area contributed by atoms with E-state index in [-0.39, 0.29) is 6.61 Å². The lowest BCUT2D eigenvalue weighted by Crippen LogP contribution is -2.11. The van der Waals surface area contributed by atoms with Crippen molar-refractivity contribution in [3.8, 4) is 11.1 Å². The number of thiophene rings is 1. The highest BCUT2D eigenvalue weighted by Gasteiger charge is 2.25. The average molecular weight is 373 g/mol. The van der Waals surface area contributed by atoms with E-state index in [9.17, 15) is 4.79 Å². The first kappa shape index (κ1) is 18.1. The van der Waals surface area contributed by atoms with Crippen molar-refractivity contribution >= 4 is 45.5 Å². The van der Waals surface area contributed by atoms with Gasteiger partial charge in [-0.15, -0.1) is 11.3 Å². The van der Waals surface area contributed by atoms with E-state index in [0.29, 0.717) is 27.2 Å². The van der Waals surface area contributed by atoms with Crippen molar-refractivity contribution < 1.29 is 9.53 Å². The monoisotopic (exact) mass is 372 g/mol. The Hall–Kier alpha value is -1.27. The molecule has 0 bridgehead atoms. The van der Waals surface area contributed by atoms with Gasteiger partial charge in [0.2, 0.25) is 0 Å². The summed E-state index contributed by atoms with van der Waals surface area (Å²) in [4.78, 5) is 15.3. The van der Waals surface area contributed by atoms with Crippen LogP contribution in [0.3, 0.4) is 0 Å². The molecule has 0 spiro atoms. The maximum absolute atomic E-state index is 12.3. The van der Waals surface area contributed by atoms with Crippen molar-refractivity contribution in [2.24, 2.45) is 0 Å². The highest BCUT2D eigenvalue weighted by Crippen LogP contribution is 2.41. The van der Waals surface area contributed by atoms with Crippen molar-refractivity contribution in [1.82, 2.24) is 4.90 Å². The van der Waals surface area contributed by atoms with E-state index in [0.717, 1.165) is 16.0 Å². The molecule has 124 valence electrons. The maximum Gasteiger partial charge on any atom is 0.341 e. The topological polar surface area (TPSA) is 55.6 Å². The molecular weight excluding hydrogens is 355 g/mol. The van der Waals surface area contributed by atoms with Crippen LogP contribution in [0.5, 0.6) is 0 Å². The first-order valence-corrected chi connectivity index (χ1v) is 8.60. The molecule has 7 heteroatoms. The van der Waals surface area contributed by atoms with Crippen LogP contribution in [0.1, 0.15) is 22.2 Å². The van der Waals surface area contributed by atoms with Gasteiger partial charge in [-0.2, -0.15) is 0 Å². The second kappa shape index (κ2) is 7.53. The molecule has 0 aliphatic rings. The number of benzene rings is 1. The minimum absolute atomic E-state index is 0.290. The molecule has 0 atom stereocenters. The first-order chi connectivity index (χ1) is 10.8. The van der Waals surface area contributed by atoms with Crippen LogP contribution in [-0.4, -0.2) is 31.6 Å². The number of hydrogen-bond acceptors (Lipinski definition) is 5. The van der Waals surface area contributed by atoms with E-state index in [4.69, 9.17) is 33.7 Å². The van der Waals surface area contributed by atoms with Gasteiger partial charge in [0.25, 0.3) is 0 Å². The normalized spacial score (nSPS) is 11.0. The summed E-state index contributed by atoms with van der Waals surface area (Å²) >= 11 is 13.5. The number of anilines is 1. The van der Waals surface area contributed by atoms with E-state index in [1.54, 1.807) is 19.1 Å². The average Bonchev–Trinajstić information content (AvgIpc) is 2.77. The zero-order chi connectivity index (χ0) is 17.1. The fourth-order valence-corrected chi connectivity index (χ4v) is 3.75. The molecule has 1 aromatic carbocycles. The standard InChI is InChI=1S/C16H18Cl2N2O2S/c1-4-22-16(21)14-13(9-5-6-10(17)11(18)7-9)12(8-20(2)3)23-15(14)19/h5-7H,4,8,19H2,1-3H3. The molecule has 23 heavy (non-hydrogen) atoms. The zero-order valence-electron chi connectivity index (χ0n) is 13.2. The minimum atomic E-state index is -0.424. The third-order valence-corrected chi connectivity index (χ3v) is 4.90. The van der Waals surface area contributed by atoms with Crippen LogP contribution < -0.4 is 5.73 Å². The van der Waals surface area contributed by atoms with E-state index in [1.165, 1.54) is 11.3 Å². The number of esters is 1. The Morgan fingerprint density at radius 2 is 2.00 bits per heavy atom. The van der Waals surface area contributed by atoms with Gasteiger partial charge in [0.15, 0.2) is 0 Å². The van der Waals surface area contributed by atoms with Crippen LogP contribution in [0.4, 0.5) is 5.00 Å². The Labute approximate surface area is 149 Å². The van der Waals surface area contributed by atoms with Crippen LogP contribution in [0.2, 0.25) is 10.0 Å². The van der Waals surface area contributed by atoms with Gasteiger partial charge < -0.3 is 15.4 Å². The van der Waals surface area contributed by atoms with E-state index < -0.39 is 5.97 Å². The van der Waals surface area contributed by atoms with Crippen LogP contribution in [0.15, 0.2) is 18.2 Å². The maximum atomic E-state index is 12.3. The Bertz CT molecular complexity index is 729. The third kappa shape index (κ3) is 3.98. The summed E-state index contributed by atoms with van der Waals surface area (Å²) in [5, 5.41) is 1.34. The fraction of sp³-hybridized carbons (Fsp3) is 0.312. The molecule has 0 aliphatic heterocycles. The molecule has 0 saturated heterocycles. The van der Waals surface area contributed by atoms with E-state index in [1.807, 2.05) is 25.1 Å². The summed E-state index contributed by atoms with van der Waals surface area (Å²) in [6, 6.07) is 5.28. The van der Waals surface area contributed by atoms with Gasteiger partial charge in [0.1, 0.15) is 10.6 Å². The summed E-state index contributed by atoms with van der Waals surface area (Å²) in [5.74, 6) is -0.424. The van der Waals surface area contributed by atoms with Gasteiger partial charge >= 0.3 is 5.97 Å². The van der Waals surface area contributed by atoms with Gasteiger partial charge in [-0.1, -0.05) is 29.3 Å². The van der Waals surface area contributed by atoms with Crippen molar-refractivity contribution in [2.45, 2.75) is 13.5 Å². The molecule has 2 aromatic rings. The largest absolute Gasteiger partial charge is 0.462 e. The van der Waals surface area contributed by atoms with Crippen LogP contribution >= 0.6 is 34.5 Å². The summed E-state index contributed by atoms with van der Waals surface area (Å²) < 4.78 is 5.16.